The molecule has 0 aliphatic heterocycles. The maximum absolute atomic E-state index is 13.9. The van der Waals surface area contributed by atoms with Gasteiger partial charge < -0.3 is 5.73 Å². The molecule has 0 aliphatic rings. The Balaban J connectivity index is 1.86. The highest BCUT2D eigenvalue weighted by atomic mass is 32.1. The molecule has 0 amide bonds. The molecule has 20 heavy (non-hydrogen) atoms. The van der Waals surface area contributed by atoms with Gasteiger partial charge in [-0.3, -0.25) is 0 Å². The summed E-state index contributed by atoms with van der Waals surface area (Å²) in [6.45, 7) is 1.87. The van der Waals surface area contributed by atoms with Gasteiger partial charge in [0.2, 0.25) is 0 Å². The van der Waals surface area contributed by atoms with Gasteiger partial charge in [0.05, 0.1) is 15.2 Å². The van der Waals surface area contributed by atoms with Gasteiger partial charge in [0.25, 0.3) is 0 Å². The molecule has 0 fully saturated rings. The summed E-state index contributed by atoms with van der Waals surface area (Å²) >= 11 is 1.62. The first-order chi connectivity index (χ1) is 9.63. The molecule has 2 N–H and O–H groups in total. The molecule has 1 atom stereocenters. The van der Waals surface area contributed by atoms with E-state index in [2.05, 4.69) is 4.98 Å². The quantitative estimate of drug-likeness (QED) is 0.790. The molecular formula is C16H15FN2S. The van der Waals surface area contributed by atoms with Gasteiger partial charge in [0.1, 0.15) is 5.82 Å². The second kappa shape index (κ2) is 5.31. The molecular weight excluding hydrogens is 271 g/mol. The predicted octanol–water partition coefficient (Wildman–Crippen LogP) is 3.99. The van der Waals surface area contributed by atoms with Crippen LogP contribution in [-0.2, 0) is 6.42 Å². The average molecular weight is 286 g/mol. The molecule has 0 saturated carbocycles. The summed E-state index contributed by atoms with van der Waals surface area (Å²) in [5, 5.41) is 0.943. The molecule has 3 rings (SSSR count). The number of rotatable bonds is 3. The number of thiazole rings is 1. The van der Waals surface area contributed by atoms with Crippen LogP contribution in [-0.4, -0.2) is 4.98 Å². The number of aryl methyl sites for hydroxylation is 1. The second-order valence-electron chi connectivity index (χ2n) is 4.91. The lowest BCUT2D eigenvalue weighted by atomic mass is 10.0. The lowest BCUT2D eigenvalue weighted by Gasteiger charge is -2.11. The molecule has 102 valence electrons. The van der Waals surface area contributed by atoms with Gasteiger partial charge >= 0.3 is 0 Å². The number of aromatic nitrogens is 1. The minimum Gasteiger partial charge on any atom is -0.324 e. The summed E-state index contributed by atoms with van der Waals surface area (Å²) in [5.74, 6) is -0.237. The molecule has 1 unspecified atom stereocenters. The molecule has 0 spiro atoms. The second-order valence-corrected chi connectivity index (χ2v) is 6.03. The average Bonchev–Trinajstić information content (AvgIpc) is 2.80. The third-order valence-electron chi connectivity index (χ3n) is 3.29. The van der Waals surface area contributed by atoms with Crippen molar-refractivity contribution in [2.45, 2.75) is 19.4 Å². The zero-order valence-electron chi connectivity index (χ0n) is 11.1. The third kappa shape index (κ3) is 2.57. The van der Waals surface area contributed by atoms with E-state index in [0.717, 1.165) is 20.8 Å². The highest BCUT2D eigenvalue weighted by Gasteiger charge is 2.14. The molecule has 1 heterocycles. The molecule has 2 nitrogen and oxygen atoms in total. The minimum absolute atomic E-state index is 0.237. The van der Waals surface area contributed by atoms with Gasteiger partial charge in [-0.2, -0.15) is 0 Å². The van der Waals surface area contributed by atoms with Crippen LogP contribution in [0.5, 0.6) is 0 Å². The first kappa shape index (κ1) is 13.2. The summed E-state index contributed by atoms with van der Waals surface area (Å²) in [6, 6.07) is 12.8. The van der Waals surface area contributed by atoms with Crippen molar-refractivity contribution in [1.82, 2.24) is 4.98 Å². The number of hydrogen-bond donors (Lipinski definition) is 1. The highest BCUT2D eigenvalue weighted by Crippen LogP contribution is 2.26. The van der Waals surface area contributed by atoms with Crippen molar-refractivity contribution >= 4 is 21.6 Å². The smallest absolute Gasteiger partial charge is 0.128 e. The number of halogens is 1. The number of nitrogens with zero attached hydrogens (tertiary/aromatic N) is 1. The molecule has 3 aromatic rings. The lowest BCUT2D eigenvalue weighted by Crippen LogP contribution is -2.15. The van der Waals surface area contributed by atoms with E-state index in [1.807, 2.05) is 37.3 Å². The maximum Gasteiger partial charge on any atom is 0.128 e. The topological polar surface area (TPSA) is 38.9 Å². The van der Waals surface area contributed by atoms with Gasteiger partial charge in [-0.1, -0.05) is 24.3 Å². The number of nitrogens with two attached hydrogens (primary N) is 1. The Kier molecular flexibility index (Phi) is 3.51. The zero-order chi connectivity index (χ0) is 14.1. The van der Waals surface area contributed by atoms with Crippen LogP contribution >= 0.6 is 11.3 Å². The predicted molar refractivity (Wildman–Crippen MR) is 81.4 cm³/mol. The van der Waals surface area contributed by atoms with Crippen molar-refractivity contribution in [1.29, 1.82) is 0 Å². The monoisotopic (exact) mass is 286 g/mol. The van der Waals surface area contributed by atoms with Gasteiger partial charge in [-0.15, -0.1) is 11.3 Å². The van der Waals surface area contributed by atoms with Crippen molar-refractivity contribution < 1.29 is 4.39 Å². The molecule has 1 aromatic heterocycles. The van der Waals surface area contributed by atoms with Crippen molar-refractivity contribution in [3.05, 3.63) is 64.4 Å². The highest BCUT2D eigenvalue weighted by molar-refractivity contribution is 7.18. The summed E-state index contributed by atoms with van der Waals surface area (Å²) in [5.41, 5.74) is 8.55. The van der Waals surface area contributed by atoms with E-state index < -0.39 is 0 Å². The Labute approximate surface area is 121 Å². The van der Waals surface area contributed by atoms with Gasteiger partial charge in [0, 0.05) is 18.0 Å². The van der Waals surface area contributed by atoms with Crippen LogP contribution in [0.2, 0.25) is 0 Å². The normalized spacial score (nSPS) is 12.8. The Morgan fingerprint density at radius 3 is 2.80 bits per heavy atom. The lowest BCUT2D eigenvalue weighted by molar-refractivity contribution is 0.579. The molecule has 2 aromatic carbocycles. The fourth-order valence-corrected chi connectivity index (χ4v) is 3.26. The van der Waals surface area contributed by atoms with Crippen LogP contribution in [0.3, 0.4) is 0 Å². The Bertz CT molecular complexity index is 718. The SMILES string of the molecule is Cc1ccc(C(N)Cc2nc3ccccc3s2)c(F)c1. The summed E-state index contributed by atoms with van der Waals surface area (Å²) < 4.78 is 15.0. The van der Waals surface area contributed by atoms with Crippen LogP contribution in [0, 0.1) is 12.7 Å². The fourth-order valence-electron chi connectivity index (χ4n) is 2.24. The van der Waals surface area contributed by atoms with E-state index >= 15 is 0 Å². The van der Waals surface area contributed by atoms with Crippen molar-refractivity contribution in [3.63, 3.8) is 0 Å². The molecule has 4 heteroatoms. The summed E-state index contributed by atoms with van der Waals surface area (Å²) in [7, 11) is 0. The van der Waals surface area contributed by atoms with E-state index in [1.54, 1.807) is 17.4 Å². The first-order valence-corrected chi connectivity index (χ1v) is 7.31. The number of hydrogen-bond acceptors (Lipinski definition) is 3. The van der Waals surface area contributed by atoms with Crippen LogP contribution in [0.25, 0.3) is 10.2 Å². The van der Waals surface area contributed by atoms with Crippen LogP contribution < -0.4 is 5.73 Å². The van der Waals surface area contributed by atoms with E-state index in [-0.39, 0.29) is 11.9 Å². The summed E-state index contributed by atoms with van der Waals surface area (Å²) in [4.78, 5) is 4.54. The van der Waals surface area contributed by atoms with Gasteiger partial charge in [0.15, 0.2) is 0 Å². The largest absolute Gasteiger partial charge is 0.324 e. The van der Waals surface area contributed by atoms with Crippen molar-refractivity contribution in [2.75, 3.05) is 0 Å². The number of para-hydroxylation sites is 1. The Morgan fingerprint density at radius 2 is 2.05 bits per heavy atom. The van der Waals surface area contributed by atoms with Crippen molar-refractivity contribution in [3.8, 4) is 0 Å². The standard InChI is InChI=1S/C16H15FN2S/c1-10-6-7-11(12(17)8-10)13(18)9-16-19-14-4-2-3-5-15(14)20-16/h2-8,13H,9,18H2,1H3. The Morgan fingerprint density at radius 1 is 1.25 bits per heavy atom. The van der Waals surface area contributed by atoms with Crippen LogP contribution in [0.4, 0.5) is 4.39 Å². The fraction of sp³-hybridized carbons (Fsp3) is 0.188. The van der Waals surface area contributed by atoms with E-state index in [9.17, 15) is 4.39 Å². The van der Waals surface area contributed by atoms with E-state index in [1.165, 1.54) is 6.07 Å². The van der Waals surface area contributed by atoms with Gasteiger partial charge in [-0.25, -0.2) is 9.37 Å². The summed E-state index contributed by atoms with van der Waals surface area (Å²) in [6.07, 6.45) is 0.555. The zero-order valence-corrected chi connectivity index (χ0v) is 12.0. The molecule has 0 saturated heterocycles. The molecule has 0 radical (unpaired) electrons. The van der Waals surface area contributed by atoms with E-state index in [0.29, 0.717) is 12.0 Å². The number of fused-ring (bicyclic) bond motifs is 1. The Hall–Kier alpha value is -1.78. The third-order valence-corrected chi connectivity index (χ3v) is 4.35. The minimum atomic E-state index is -0.365. The van der Waals surface area contributed by atoms with Crippen molar-refractivity contribution in [2.24, 2.45) is 5.73 Å². The first-order valence-electron chi connectivity index (χ1n) is 6.49. The number of benzene rings is 2. The van der Waals surface area contributed by atoms with Gasteiger partial charge in [-0.05, 0) is 30.7 Å². The van der Waals surface area contributed by atoms with Crippen LogP contribution in [0.15, 0.2) is 42.5 Å². The maximum atomic E-state index is 13.9. The molecule has 0 aliphatic carbocycles. The van der Waals surface area contributed by atoms with E-state index in [4.69, 9.17) is 5.73 Å². The van der Waals surface area contributed by atoms with Crippen LogP contribution in [0.1, 0.15) is 22.2 Å². The molecule has 0 bridgehead atoms.